The molecule has 2 aromatic rings. The van der Waals surface area contributed by atoms with Crippen molar-refractivity contribution in [2.45, 2.75) is 38.3 Å². The Kier molecular flexibility index (Phi) is 3.87. The number of thiazole rings is 1. The third-order valence-electron chi connectivity index (χ3n) is 3.89. The molecule has 20 heavy (non-hydrogen) atoms. The van der Waals surface area contributed by atoms with Crippen LogP contribution < -0.4 is 5.32 Å². The Hall–Kier alpha value is -1.23. The van der Waals surface area contributed by atoms with Crippen LogP contribution in [0.15, 0.2) is 29.6 Å². The molecule has 0 amide bonds. The number of aromatic nitrogens is 1. The minimum absolute atomic E-state index is 0.462. The van der Waals surface area contributed by atoms with Crippen LogP contribution in [0.2, 0.25) is 0 Å². The van der Waals surface area contributed by atoms with Gasteiger partial charge in [0.05, 0.1) is 11.3 Å². The number of aryl methyl sites for hydroxylation is 1. The second kappa shape index (κ2) is 5.64. The Morgan fingerprint density at radius 2 is 2.05 bits per heavy atom. The van der Waals surface area contributed by atoms with Gasteiger partial charge in [0, 0.05) is 24.0 Å². The lowest BCUT2D eigenvalue weighted by Gasteiger charge is -2.36. The number of hydrogen-bond acceptors (Lipinski definition) is 4. The first-order chi connectivity index (χ1) is 9.65. The molecule has 1 saturated carbocycles. The number of nitrogens with one attached hydrogen (secondary N) is 1. The number of rotatable bonds is 5. The Morgan fingerprint density at radius 1 is 1.30 bits per heavy atom. The summed E-state index contributed by atoms with van der Waals surface area (Å²) in [4.78, 5) is 4.65. The summed E-state index contributed by atoms with van der Waals surface area (Å²) in [5.41, 5.74) is 3.02. The van der Waals surface area contributed by atoms with Crippen LogP contribution in [0, 0.1) is 6.92 Å². The average molecular weight is 288 g/mol. The SMILES string of the molecule is Cc1ccc(-c2nc(CNCC3(O)CCC3)cs2)cc1. The molecular weight excluding hydrogens is 268 g/mol. The van der Waals surface area contributed by atoms with E-state index in [0.717, 1.165) is 36.5 Å². The van der Waals surface area contributed by atoms with Gasteiger partial charge in [-0.1, -0.05) is 29.8 Å². The number of nitrogens with zero attached hydrogens (tertiary/aromatic N) is 1. The molecule has 0 unspecified atom stereocenters. The van der Waals surface area contributed by atoms with Crippen LogP contribution in [-0.4, -0.2) is 22.2 Å². The molecule has 0 aliphatic heterocycles. The minimum Gasteiger partial charge on any atom is -0.389 e. The van der Waals surface area contributed by atoms with Crippen LogP contribution in [0.3, 0.4) is 0 Å². The maximum atomic E-state index is 10.0. The highest BCUT2D eigenvalue weighted by molar-refractivity contribution is 7.13. The van der Waals surface area contributed by atoms with Crippen molar-refractivity contribution in [1.29, 1.82) is 0 Å². The predicted molar refractivity (Wildman–Crippen MR) is 82.8 cm³/mol. The van der Waals surface area contributed by atoms with Gasteiger partial charge in [-0.05, 0) is 26.2 Å². The van der Waals surface area contributed by atoms with Gasteiger partial charge in [-0.15, -0.1) is 11.3 Å². The van der Waals surface area contributed by atoms with Crippen molar-refractivity contribution in [3.63, 3.8) is 0 Å². The highest BCUT2D eigenvalue weighted by Gasteiger charge is 2.33. The van der Waals surface area contributed by atoms with Gasteiger partial charge in [-0.3, -0.25) is 0 Å². The van der Waals surface area contributed by atoms with Crippen LogP contribution in [0.4, 0.5) is 0 Å². The molecule has 1 fully saturated rings. The van der Waals surface area contributed by atoms with E-state index in [1.54, 1.807) is 11.3 Å². The normalized spacial score (nSPS) is 16.9. The van der Waals surface area contributed by atoms with Gasteiger partial charge in [-0.2, -0.15) is 0 Å². The summed E-state index contributed by atoms with van der Waals surface area (Å²) in [6.45, 7) is 3.49. The third-order valence-corrected chi connectivity index (χ3v) is 4.83. The molecule has 0 atom stereocenters. The molecule has 3 rings (SSSR count). The molecule has 0 bridgehead atoms. The maximum Gasteiger partial charge on any atom is 0.123 e. The van der Waals surface area contributed by atoms with Gasteiger partial charge in [0.1, 0.15) is 5.01 Å². The van der Waals surface area contributed by atoms with Crippen LogP contribution in [-0.2, 0) is 6.54 Å². The maximum absolute atomic E-state index is 10.0. The molecule has 106 valence electrons. The monoisotopic (exact) mass is 288 g/mol. The van der Waals surface area contributed by atoms with Gasteiger partial charge in [0.15, 0.2) is 0 Å². The quantitative estimate of drug-likeness (QED) is 0.888. The van der Waals surface area contributed by atoms with Crippen LogP contribution >= 0.6 is 11.3 Å². The summed E-state index contributed by atoms with van der Waals surface area (Å²) in [5, 5.41) is 16.5. The number of hydrogen-bond donors (Lipinski definition) is 2. The highest BCUT2D eigenvalue weighted by atomic mass is 32.1. The van der Waals surface area contributed by atoms with Crippen LogP contribution in [0.5, 0.6) is 0 Å². The lowest BCUT2D eigenvalue weighted by atomic mass is 9.80. The zero-order valence-electron chi connectivity index (χ0n) is 11.7. The minimum atomic E-state index is -0.462. The molecule has 3 nitrogen and oxygen atoms in total. The zero-order chi connectivity index (χ0) is 14.0. The van der Waals surface area contributed by atoms with E-state index in [1.165, 1.54) is 11.1 Å². The van der Waals surface area contributed by atoms with Gasteiger partial charge in [0.25, 0.3) is 0 Å². The molecule has 1 aromatic heterocycles. The van der Waals surface area contributed by atoms with E-state index in [4.69, 9.17) is 0 Å². The van der Waals surface area contributed by atoms with E-state index < -0.39 is 5.60 Å². The van der Waals surface area contributed by atoms with Crippen LogP contribution in [0.1, 0.15) is 30.5 Å². The number of aliphatic hydroxyl groups is 1. The predicted octanol–water partition coefficient (Wildman–Crippen LogP) is 3.12. The van der Waals surface area contributed by atoms with Crippen molar-refractivity contribution in [3.8, 4) is 10.6 Å². The molecule has 0 saturated heterocycles. The fraction of sp³-hybridized carbons (Fsp3) is 0.438. The standard InChI is InChI=1S/C16H20N2OS/c1-12-3-5-13(6-4-12)15-18-14(10-20-15)9-17-11-16(19)7-2-8-16/h3-6,10,17,19H,2,7-9,11H2,1H3. The van der Waals surface area contributed by atoms with E-state index in [0.29, 0.717) is 6.54 Å². The van der Waals surface area contributed by atoms with Crippen molar-refractivity contribution in [2.24, 2.45) is 0 Å². The lowest BCUT2D eigenvalue weighted by Crippen LogP contribution is -2.46. The van der Waals surface area contributed by atoms with Crippen molar-refractivity contribution in [2.75, 3.05) is 6.54 Å². The first-order valence-electron chi connectivity index (χ1n) is 7.09. The molecule has 2 N–H and O–H groups in total. The van der Waals surface area contributed by atoms with Crippen molar-refractivity contribution in [1.82, 2.24) is 10.3 Å². The average Bonchev–Trinajstić information content (AvgIpc) is 2.86. The molecule has 4 heteroatoms. The smallest absolute Gasteiger partial charge is 0.123 e. The largest absolute Gasteiger partial charge is 0.389 e. The van der Waals surface area contributed by atoms with Crippen molar-refractivity contribution in [3.05, 3.63) is 40.9 Å². The van der Waals surface area contributed by atoms with Crippen molar-refractivity contribution >= 4 is 11.3 Å². The Balaban J connectivity index is 1.57. The van der Waals surface area contributed by atoms with Gasteiger partial charge < -0.3 is 10.4 Å². The van der Waals surface area contributed by atoms with Crippen molar-refractivity contribution < 1.29 is 5.11 Å². The zero-order valence-corrected chi connectivity index (χ0v) is 12.5. The molecular formula is C16H20N2OS. The molecule has 1 aliphatic carbocycles. The summed E-state index contributed by atoms with van der Waals surface area (Å²) in [6, 6.07) is 8.45. The second-order valence-corrected chi connectivity index (χ2v) is 6.55. The van der Waals surface area contributed by atoms with E-state index in [2.05, 4.69) is 46.9 Å². The van der Waals surface area contributed by atoms with E-state index >= 15 is 0 Å². The summed E-state index contributed by atoms with van der Waals surface area (Å²) in [7, 11) is 0. The van der Waals surface area contributed by atoms with E-state index in [-0.39, 0.29) is 0 Å². The first-order valence-corrected chi connectivity index (χ1v) is 7.97. The number of benzene rings is 1. The fourth-order valence-corrected chi connectivity index (χ4v) is 3.23. The Labute approximate surface area is 123 Å². The van der Waals surface area contributed by atoms with Crippen LogP contribution in [0.25, 0.3) is 10.6 Å². The highest BCUT2D eigenvalue weighted by Crippen LogP contribution is 2.30. The Morgan fingerprint density at radius 3 is 2.70 bits per heavy atom. The topological polar surface area (TPSA) is 45.2 Å². The Bertz CT molecular complexity index is 572. The molecule has 0 radical (unpaired) electrons. The van der Waals surface area contributed by atoms with E-state index in [1.807, 2.05) is 0 Å². The first kappa shape index (κ1) is 13.7. The summed E-state index contributed by atoms with van der Waals surface area (Å²) < 4.78 is 0. The summed E-state index contributed by atoms with van der Waals surface area (Å²) in [6.07, 6.45) is 2.99. The lowest BCUT2D eigenvalue weighted by molar-refractivity contribution is -0.0315. The third kappa shape index (κ3) is 3.08. The fourth-order valence-electron chi connectivity index (χ4n) is 2.40. The molecule has 0 spiro atoms. The van der Waals surface area contributed by atoms with Gasteiger partial charge in [0.2, 0.25) is 0 Å². The molecule has 1 aliphatic rings. The van der Waals surface area contributed by atoms with E-state index in [9.17, 15) is 5.11 Å². The van der Waals surface area contributed by atoms with Gasteiger partial charge >= 0.3 is 0 Å². The molecule has 1 heterocycles. The summed E-state index contributed by atoms with van der Waals surface area (Å²) in [5.74, 6) is 0. The second-order valence-electron chi connectivity index (χ2n) is 5.69. The summed E-state index contributed by atoms with van der Waals surface area (Å²) >= 11 is 1.67. The van der Waals surface area contributed by atoms with Gasteiger partial charge in [-0.25, -0.2) is 4.98 Å². The molecule has 1 aromatic carbocycles.